The van der Waals surface area contributed by atoms with E-state index in [1.807, 2.05) is 6.20 Å². The van der Waals surface area contributed by atoms with Crippen LogP contribution in [0.15, 0.2) is 16.8 Å². The molecule has 0 saturated carbocycles. The van der Waals surface area contributed by atoms with E-state index >= 15 is 0 Å². The zero-order chi connectivity index (χ0) is 11.7. The molecule has 0 aromatic rings. The van der Waals surface area contributed by atoms with Crippen molar-refractivity contribution < 1.29 is 9.47 Å². The average molecular weight is 213 g/mol. The van der Waals surface area contributed by atoms with Crippen molar-refractivity contribution in [2.75, 3.05) is 26.9 Å². The van der Waals surface area contributed by atoms with Crippen LogP contribution in [0, 0.1) is 5.41 Å². The molecule has 15 heavy (non-hydrogen) atoms. The smallest absolute Gasteiger partial charge is 0.0819 e. The first-order valence-electron chi connectivity index (χ1n) is 5.24. The molecule has 0 N–H and O–H groups in total. The van der Waals surface area contributed by atoms with Gasteiger partial charge in [-0.25, -0.2) is 0 Å². The highest BCUT2D eigenvalue weighted by Gasteiger charge is 2.11. The topological polar surface area (TPSA) is 30.8 Å². The van der Waals surface area contributed by atoms with E-state index in [0.29, 0.717) is 19.8 Å². The summed E-state index contributed by atoms with van der Waals surface area (Å²) in [4.78, 5) is 4.18. The normalized spacial score (nSPS) is 13.8. The molecule has 0 aliphatic heterocycles. The third-order valence-electron chi connectivity index (χ3n) is 2.18. The van der Waals surface area contributed by atoms with Crippen LogP contribution in [-0.4, -0.2) is 33.1 Å². The summed E-state index contributed by atoms with van der Waals surface area (Å²) < 4.78 is 10.1. The quantitative estimate of drug-likeness (QED) is 0.501. The Morgan fingerprint density at radius 2 is 1.93 bits per heavy atom. The lowest BCUT2D eigenvalue weighted by molar-refractivity contribution is 0.0912. The molecule has 0 aromatic carbocycles. The van der Waals surface area contributed by atoms with Crippen molar-refractivity contribution in [3.8, 4) is 0 Å². The monoisotopic (exact) mass is 213 g/mol. The number of nitrogens with zero attached hydrogens (tertiary/aromatic N) is 1. The van der Waals surface area contributed by atoms with E-state index in [4.69, 9.17) is 9.47 Å². The fourth-order valence-electron chi connectivity index (χ4n) is 0.679. The first-order valence-corrected chi connectivity index (χ1v) is 5.24. The molecule has 0 rings (SSSR count). The van der Waals surface area contributed by atoms with Crippen LogP contribution in [0.2, 0.25) is 0 Å². The van der Waals surface area contributed by atoms with Crippen LogP contribution in [0.3, 0.4) is 0 Å². The van der Waals surface area contributed by atoms with E-state index in [9.17, 15) is 0 Å². The van der Waals surface area contributed by atoms with Gasteiger partial charge in [-0.15, -0.1) is 0 Å². The first kappa shape index (κ1) is 14.3. The van der Waals surface area contributed by atoms with E-state index in [2.05, 4.69) is 32.7 Å². The lowest BCUT2D eigenvalue weighted by Gasteiger charge is -2.18. The molecular weight excluding hydrogens is 190 g/mol. The molecular formula is C12H23NO2. The van der Waals surface area contributed by atoms with Crippen molar-refractivity contribution in [2.45, 2.75) is 27.7 Å². The molecule has 88 valence electrons. The molecule has 0 spiro atoms. The molecule has 0 bridgehead atoms. The van der Waals surface area contributed by atoms with Gasteiger partial charge in [-0.05, 0) is 17.9 Å². The number of aliphatic imine (C=N–C) groups is 1. The molecule has 0 heterocycles. The summed E-state index contributed by atoms with van der Waals surface area (Å²) in [5.41, 5.74) is 1.45. The predicted molar refractivity (Wildman–Crippen MR) is 64.4 cm³/mol. The van der Waals surface area contributed by atoms with Gasteiger partial charge in [0, 0.05) is 19.5 Å². The Balaban J connectivity index is 3.70. The molecule has 0 radical (unpaired) electrons. The van der Waals surface area contributed by atoms with E-state index < -0.39 is 0 Å². The van der Waals surface area contributed by atoms with Gasteiger partial charge in [0.1, 0.15) is 0 Å². The van der Waals surface area contributed by atoms with E-state index in [1.54, 1.807) is 13.3 Å². The minimum absolute atomic E-state index is 0.189. The SMILES string of the molecule is COCCOCC=N/C=C(\C)C(C)(C)C. The molecule has 3 heteroatoms. The fourth-order valence-corrected chi connectivity index (χ4v) is 0.679. The fraction of sp³-hybridized carbons (Fsp3) is 0.750. The molecule has 0 aliphatic rings. The second-order valence-electron chi connectivity index (χ2n) is 4.46. The van der Waals surface area contributed by atoms with Crippen LogP contribution >= 0.6 is 0 Å². The lowest BCUT2D eigenvalue weighted by atomic mass is 9.88. The molecule has 0 aliphatic carbocycles. The zero-order valence-electron chi connectivity index (χ0n) is 10.5. The Labute approximate surface area is 93.2 Å². The molecule has 0 fully saturated rings. The van der Waals surface area contributed by atoms with Gasteiger partial charge in [0.2, 0.25) is 0 Å². The number of ether oxygens (including phenoxy) is 2. The highest BCUT2D eigenvalue weighted by atomic mass is 16.5. The Morgan fingerprint density at radius 3 is 2.47 bits per heavy atom. The maximum Gasteiger partial charge on any atom is 0.0819 e. The van der Waals surface area contributed by atoms with Gasteiger partial charge in [0.05, 0.1) is 19.8 Å². The van der Waals surface area contributed by atoms with E-state index in [0.717, 1.165) is 0 Å². The lowest BCUT2D eigenvalue weighted by Crippen LogP contribution is -2.06. The van der Waals surface area contributed by atoms with Crippen molar-refractivity contribution in [1.82, 2.24) is 0 Å². The Kier molecular flexibility index (Phi) is 7.26. The summed E-state index contributed by atoms with van der Waals surface area (Å²) in [7, 11) is 1.66. The molecule has 0 amide bonds. The van der Waals surface area contributed by atoms with Crippen molar-refractivity contribution in [3.05, 3.63) is 11.8 Å². The van der Waals surface area contributed by atoms with Crippen LogP contribution in [0.25, 0.3) is 0 Å². The van der Waals surface area contributed by atoms with Crippen LogP contribution in [-0.2, 0) is 9.47 Å². The summed E-state index contributed by atoms with van der Waals surface area (Å²) in [5, 5.41) is 0. The molecule has 0 saturated heterocycles. The van der Waals surface area contributed by atoms with Gasteiger partial charge in [-0.3, -0.25) is 4.99 Å². The summed E-state index contributed by atoms with van der Waals surface area (Å²) >= 11 is 0. The van der Waals surface area contributed by atoms with E-state index in [1.165, 1.54) is 5.57 Å². The van der Waals surface area contributed by atoms with Crippen molar-refractivity contribution in [1.29, 1.82) is 0 Å². The number of hydrogen-bond donors (Lipinski definition) is 0. The molecule has 3 nitrogen and oxygen atoms in total. The molecule has 0 unspecified atom stereocenters. The minimum atomic E-state index is 0.189. The van der Waals surface area contributed by atoms with Crippen molar-refractivity contribution in [2.24, 2.45) is 10.4 Å². The highest BCUT2D eigenvalue weighted by molar-refractivity contribution is 5.59. The van der Waals surface area contributed by atoms with Crippen LogP contribution in [0.1, 0.15) is 27.7 Å². The van der Waals surface area contributed by atoms with Gasteiger partial charge in [-0.1, -0.05) is 20.8 Å². The van der Waals surface area contributed by atoms with Crippen LogP contribution < -0.4 is 0 Å². The maximum absolute atomic E-state index is 5.24. The first-order chi connectivity index (χ1) is 6.98. The van der Waals surface area contributed by atoms with E-state index in [-0.39, 0.29) is 5.41 Å². The third-order valence-corrected chi connectivity index (χ3v) is 2.18. The van der Waals surface area contributed by atoms with Crippen molar-refractivity contribution >= 4 is 6.21 Å². The number of hydrogen-bond acceptors (Lipinski definition) is 3. The predicted octanol–water partition coefficient (Wildman–Crippen LogP) is 2.67. The maximum atomic E-state index is 5.24. The standard InChI is InChI=1S/C12H23NO2/c1-11(12(2,3)4)10-13-6-7-15-9-8-14-5/h6,10H,7-9H2,1-5H3/b11-10+,13-6?. The summed E-state index contributed by atoms with van der Waals surface area (Å²) in [6.45, 7) is 10.4. The minimum Gasteiger partial charge on any atom is -0.382 e. The third kappa shape index (κ3) is 8.33. The van der Waals surface area contributed by atoms with Gasteiger partial charge in [-0.2, -0.15) is 0 Å². The Hall–Kier alpha value is -0.670. The van der Waals surface area contributed by atoms with Crippen molar-refractivity contribution in [3.63, 3.8) is 0 Å². The second-order valence-corrected chi connectivity index (χ2v) is 4.46. The van der Waals surface area contributed by atoms with Gasteiger partial charge < -0.3 is 9.47 Å². The van der Waals surface area contributed by atoms with Gasteiger partial charge in [0.15, 0.2) is 0 Å². The number of allylic oxidation sites excluding steroid dienone is 1. The number of methoxy groups -OCH3 is 1. The van der Waals surface area contributed by atoms with Gasteiger partial charge >= 0.3 is 0 Å². The largest absolute Gasteiger partial charge is 0.382 e. The summed E-state index contributed by atoms with van der Waals surface area (Å²) in [5.74, 6) is 0. The Morgan fingerprint density at radius 1 is 1.27 bits per heavy atom. The van der Waals surface area contributed by atoms with Crippen LogP contribution in [0.4, 0.5) is 0 Å². The molecule has 0 atom stereocenters. The highest BCUT2D eigenvalue weighted by Crippen LogP contribution is 2.23. The second kappa shape index (κ2) is 7.60. The van der Waals surface area contributed by atoms with Gasteiger partial charge in [0.25, 0.3) is 0 Å². The number of rotatable bonds is 6. The molecule has 0 aromatic heterocycles. The Bertz CT molecular complexity index is 214. The zero-order valence-corrected chi connectivity index (χ0v) is 10.5. The summed E-state index contributed by atoms with van der Waals surface area (Å²) in [6, 6.07) is 0. The van der Waals surface area contributed by atoms with Crippen LogP contribution in [0.5, 0.6) is 0 Å². The summed E-state index contributed by atoms with van der Waals surface area (Å²) in [6.07, 6.45) is 3.66. The average Bonchev–Trinajstić information content (AvgIpc) is 2.14.